The average Bonchev–Trinajstić information content (AvgIpc) is 3.16. The molecular formula is C17H15N3O5S. The monoisotopic (exact) mass is 373 g/mol. The summed E-state index contributed by atoms with van der Waals surface area (Å²) in [6, 6.07) is 13.7. The molecule has 0 radical (unpaired) electrons. The number of aromatic nitrogens is 2. The molecule has 0 saturated heterocycles. The molecule has 0 aliphatic carbocycles. The van der Waals surface area contributed by atoms with Crippen LogP contribution in [0.15, 0.2) is 57.9 Å². The molecule has 26 heavy (non-hydrogen) atoms. The van der Waals surface area contributed by atoms with Crippen molar-refractivity contribution in [1.82, 2.24) is 14.9 Å². The van der Waals surface area contributed by atoms with Gasteiger partial charge in [-0.25, -0.2) is 13.1 Å². The van der Waals surface area contributed by atoms with Gasteiger partial charge in [0.25, 0.3) is 0 Å². The predicted molar refractivity (Wildman–Crippen MR) is 91.2 cm³/mol. The molecule has 2 heterocycles. The SMILES string of the molecule is O=S(=O)(NCc1nc(-c2ccccc2)no1)c1ccc2c(c1)OCCO2. The van der Waals surface area contributed by atoms with Crippen LogP contribution in [0, 0.1) is 0 Å². The second kappa shape index (κ2) is 6.77. The van der Waals surface area contributed by atoms with Gasteiger partial charge in [-0.15, -0.1) is 0 Å². The minimum absolute atomic E-state index is 0.0737. The summed E-state index contributed by atoms with van der Waals surface area (Å²) in [6.45, 7) is 0.711. The highest BCUT2D eigenvalue weighted by Crippen LogP contribution is 2.32. The third kappa shape index (κ3) is 3.39. The van der Waals surface area contributed by atoms with Gasteiger partial charge in [0, 0.05) is 11.6 Å². The number of hydrogen-bond acceptors (Lipinski definition) is 7. The number of fused-ring (bicyclic) bond motifs is 1. The largest absolute Gasteiger partial charge is 0.486 e. The van der Waals surface area contributed by atoms with Gasteiger partial charge in [0.2, 0.25) is 21.7 Å². The molecule has 0 saturated carbocycles. The molecule has 0 spiro atoms. The van der Waals surface area contributed by atoms with Gasteiger partial charge >= 0.3 is 0 Å². The molecule has 0 bridgehead atoms. The van der Waals surface area contributed by atoms with Gasteiger partial charge in [-0.05, 0) is 12.1 Å². The Kier molecular flexibility index (Phi) is 4.31. The molecule has 1 aliphatic rings. The second-order valence-electron chi connectivity index (χ2n) is 5.51. The highest BCUT2D eigenvalue weighted by atomic mass is 32.2. The van der Waals surface area contributed by atoms with E-state index in [1.54, 1.807) is 6.07 Å². The van der Waals surface area contributed by atoms with Crippen LogP contribution in [0.3, 0.4) is 0 Å². The molecule has 134 valence electrons. The Morgan fingerprint density at radius 1 is 1.00 bits per heavy atom. The lowest BCUT2D eigenvalue weighted by molar-refractivity contribution is 0.171. The molecule has 0 amide bonds. The summed E-state index contributed by atoms with van der Waals surface area (Å²) in [5, 5.41) is 3.86. The predicted octanol–water partition coefficient (Wildman–Crippen LogP) is 1.99. The van der Waals surface area contributed by atoms with Crippen LogP contribution in [-0.4, -0.2) is 31.8 Å². The van der Waals surface area contributed by atoms with Crippen LogP contribution in [-0.2, 0) is 16.6 Å². The van der Waals surface area contributed by atoms with Gasteiger partial charge in [0.15, 0.2) is 11.5 Å². The third-order valence-electron chi connectivity index (χ3n) is 3.74. The molecular weight excluding hydrogens is 358 g/mol. The topological polar surface area (TPSA) is 104 Å². The summed E-state index contributed by atoms with van der Waals surface area (Å²) < 4.78 is 43.3. The van der Waals surface area contributed by atoms with Gasteiger partial charge in [-0.3, -0.25) is 0 Å². The van der Waals surface area contributed by atoms with Crippen molar-refractivity contribution in [3.05, 3.63) is 54.4 Å². The molecule has 2 aromatic carbocycles. The van der Waals surface area contributed by atoms with Gasteiger partial charge in [-0.2, -0.15) is 4.98 Å². The van der Waals surface area contributed by atoms with Crippen molar-refractivity contribution >= 4 is 10.0 Å². The van der Waals surface area contributed by atoms with E-state index in [4.69, 9.17) is 14.0 Å². The number of benzene rings is 2. The number of ether oxygens (including phenoxy) is 2. The summed E-state index contributed by atoms with van der Waals surface area (Å²) in [6.07, 6.45) is 0. The zero-order valence-electron chi connectivity index (χ0n) is 13.6. The maximum Gasteiger partial charge on any atom is 0.242 e. The third-order valence-corrected chi connectivity index (χ3v) is 5.14. The van der Waals surface area contributed by atoms with Gasteiger partial charge < -0.3 is 14.0 Å². The van der Waals surface area contributed by atoms with Crippen LogP contribution in [0.4, 0.5) is 0 Å². The smallest absolute Gasteiger partial charge is 0.242 e. The number of hydrogen-bond donors (Lipinski definition) is 1. The average molecular weight is 373 g/mol. The maximum atomic E-state index is 12.5. The molecule has 0 fully saturated rings. The van der Waals surface area contributed by atoms with Crippen molar-refractivity contribution in [2.75, 3.05) is 13.2 Å². The first-order chi connectivity index (χ1) is 12.6. The fourth-order valence-electron chi connectivity index (χ4n) is 2.46. The lowest BCUT2D eigenvalue weighted by Crippen LogP contribution is -2.24. The molecule has 9 heteroatoms. The van der Waals surface area contributed by atoms with Crippen molar-refractivity contribution in [3.8, 4) is 22.9 Å². The normalized spacial score (nSPS) is 13.5. The fourth-order valence-corrected chi connectivity index (χ4v) is 3.45. The molecule has 8 nitrogen and oxygen atoms in total. The van der Waals surface area contributed by atoms with Crippen LogP contribution < -0.4 is 14.2 Å². The molecule has 0 unspecified atom stereocenters. The Morgan fingerprint density at radius 2 is 1.77 bits per heavy atom. The van der Waals surface area contributed by atoms with E-state index >= 15 is 0 Å². The van der Waals surface area contributed by atoms with Gasteiger partial charge in [0.05, 0.1) is 11.4 Å². The minimum Gasteiger partial charge on any atom is -0.486 e. The van der Waals surface area contributed by atoms with E-state index in [9.17, 15) is 8.42 Å². The Balaban J connectivity index is 1.48. The lowest BCUT2D eigenvalue weighted by Gasteiger charge is -2.18. The quantitative estimate of drug-likeness (QED) is 0.729. The first-order valence-corrected chi connectivity index (χ1v) is 9.37. The number of nitrogens with one attached hydrogen (secondary N) is 1. The first-order valence-electron chi connectivity index (χ1n) is 7.89. The van der Waals surface area contributed by atoms with Crippen molar-refractivity contribution in [2.24, 2.45) is 0 Å². The van der Waals surface area contributed by atoms with Crippen molar-refractivity contribution in [3.63, 3.8) is 0 Å². The number of nitrogens with zero attached hydrogens (tertiary/aromatic N) is 2. The lowest BCUT2D eigenvalue weighted by atomic mass is 10.2. The van der Waals surface area contributed by atoms with E-state index in [0.29, 0.717) is 30.5 Å². The Labute approximate surface area is 149 Å². The highest BCUT2D eigenvalue weighted by Gasteiger charge is 2.20. The summed E-state index contributed by atoms with van der Waals surface area (Å²) in [5.74, 6) is 1.51. The number of sulfonamides is 1. The second-order valence-corrected chi connectivity index (χ2v) is 7.27. The van der Waals surface area contributed by atoms with Crippen LogP contribution in [0.2, 0.25) is 0 Å². The number of rotatable bonds is 5. The van der Waals surface area contributed by atoms with E-state index in [0.717, 1.165) is 5.56 Å². The Bertz CT molecular complexity index is 1020. The zero-order valence-corrected chi connectivity index (χ0v) is 14.4. The summed E-state index contributed by atoms with van der Waals surface area (Å²) in [7, 11) is -3.76. The summed E-state index contributed by atoms with van der Waals surface area (Å²) >= 11 is 0. The summed E-state index contributed by atoms with van der Waals surface area (Å²) in [4.78, 5) is 4.27. The molecule has 4 rings (SSSR count). The van der Waals surface area contributed by atoms with Crippen molar-refractivity contribution in [1.29, 1.82) is 0 Å². The standard InChI is InChI=1S/C17H15N3O5S/c21-26(22,13-6-7-14-15(10-13)24-9-8-23-14)18-11-16-19-17(20-25-16)12-4-2-1-3-5-12/h1-7,10,18H,8-9,11H2. The Hall–Kier alpha value is -2.91. The molecule has 3 aromatic rings. The maximum absolute atomic E-state index is 12.5. The molecule has 1 aromatic heterocycles. The molecule has 1 N–H and O–H groups in total. The minimum atomic E-state index is -3.76. The van der Waals surface area contributed by atoms with E-state index < -0.39 is 10.0 Å². The zero-order chi connectivity index (χ0) is 18.0. The van der Waals surface area contributed by atoms with Crippen LogP contribution in [0.5, 0.6) is 11.5 Å². The van der Waals surface area contributed by atoms with Gasteiger partial charge in [-0.1, -0.05) is 35.5 Å². The Morgan fingerprint density at radius 3 is 2.58 bits per heavy atom. The van der Waals surface area contributed by atoms with Crippen LogP contribution >= 0.6 is 0 Å². The first kappa shape index (κ1) is 16.6. The molecule has 0 atom stereocenters. The molecule has 1 aliphatic heterocycles. The highest BCUT2D eigenvalue weighted by molar-refractivity contribution is 7.89. The van der Waals surface area contributed by atoms with Crippen LogP contribution in [0.1, 0.15) is 5.89 Å². The van der Waals surface area contributed by atoms with E-state index in [2.05, 4.69) is 14.9 Å². The summed E-state index contributed by atoms with van der Waals surface area (Å²) in [5.41, 5.74) is 0.789. The fraction of sp³-hybridized carbons (Fsp3) is 0.176. The van der Waals surface area contributed by atoms with E-state index in [-0.39, 0.29) is 17.3 Å². The van der Waals surface area contributed by atoms with E-state index in [1.165, 1.54) is 12.1 Å². The van der Waals surface area contributed by atoms with Crippen LogP contribution in [0.25, 0.3) is 11.4 Å². The van der Waals surface area contributed by atoms with Crippen molar-refractivity contribution in [2.45, 2.75) is 11.4 Å². The van der Waals surface area contributed by atoms with Crippen molar-refractivity contribution < 1.29 is 22.4 Å². The van der Waals surface area contributed by atoms with E-state index in [1.807, 2.05) is 30.3 Å². The van der Waals surface area contributed by atoms with Gasteiger partial charge in [0.1, 0.15) is 13.2 Å².